The van der Waals surface area contributed by atoms with Crippen molar-refractivity contribution >= 4 is 22.7 Å². The summed E-state index contributed by atoms with van der Waals surface area (Å²) in [5.74, 6) is 3.67. The number of nitrogen functional groups attached to an aromatic ring is 1. The van der Waals surface area contributed by atoms with E-state index in [1.54, 1.807) is 0 Å². The fourth-order valence-electron chi connectivity index (χ4n) is 1.68. The predicted octanol–water partition coefficient (Wildman–Crippen LogP) is 1.67. The fourth-order valence-corrected chi connectivity index (χ4v) is 1.68. The summed E-state index contributed by atoms with van der Waals surface area (Å²) in [5, 5.41) is 0. The van der Waals surface area contributed by atoms with Crippen molar-refractivity contribution in [1.82, 2.24) is 9.97 Å². The van der Waals surface area contributed by atoms with Gasteiger partial charge >= 0.3 is 0 Å². The van der Waals surface area contributed by atoms with Crippen LogP contribution < -0.4 is 10.6 Å². The number of anilines is 2. The van der Waals surface area contributed by atoms with Crippen molar-refractivity contribution in [2.75, 3.05) is 23.7 Å². The number of hydrogen-bond donors (Lipinski definition) is 1. The van der Waals surface area contributed by atoms with Gasteiger partial charge in [-0.2, -0.15) is 0 Å². The van der Waals surface area contributed by atoms with Crippen LogP contribution in [0, 0.1) is 12.3 Å². The van der Waals surface area contributed by atoms with Crippen molar-refractivity contribution in [3.05, 3.63) is 24.3 Å². The number of nitrogens with two attached hydrogens (primary N) is 1. The van der Waals surface area contributed by atoms with Gasteiger partial charge < -0.3 is 10.6 Å². The minimum Gasteiger partial charge on any atom is -0.381 e. The number of benzene rings is 1. The van der Waals surface area contributed by atoms with Gasteiger partial charge in [-0.1, -0.05) is 18.1 Å². The largest absolute Gasteiger partial charge is 0.381 e. The maximum Gasteiger partial charge on any atom is 0.172 e. The van der Waals surface area contributed by atoms with Gasteiger partial charge in [0.1, 0.15) is 0 Å². The first-order chi connectivity index (χ1) is 8.26. The van der Waals surface area contributed by atoms with E-state index in [9.17, 15) is 0 Å². The third-order valence-electron chi connectivity index (χ3n) is 2.54. The van der Waals surface area contributed by atoms with Crippen LogP contribution in [0.3, 0.4) is 0 Å². The van der Waals surface area contributed by atoms with Crippen LogP contribution in [0.1, 0.15) is 6.92 Å². The monoisotopic (exact) mass is 226 g/mol. The van der Waals surface area contributed by atoms with E-state index in [1.807, 2.05) is 36.1 Å². The standard InChI is InChI=1S/C13H14N4/c1-3-9-17(4-2)13-12(14)15-10-7-5-6-8-11(10)16-13/h1,5-8H,4,9H2,2H3,(H2,14,15). The smallest absolute Gasteiger partial charge is 0.172 e. The Hall–Kier alpha value is -2.28. The average Bonchev–Trinajstić information content (AvgIpc) is 2.35. The van der Waals surface area contributed by atoms with Crippen LogP contribution in [0.25, 0.3) is 11.0 Å². The Morgan fingerprint density at radius 2 is 1.94 bits per heavy atom. The van der Waals surface area contributed by atoms with E-state index in [2.05, 4.69) is 15.9 Å². The summed E-state index contributed by atoms with van der Waals surface area (Å²) in [6, 6.07) is 7.64. The van der Waals surface area contributed by atoms with E-state index >= 15 is 0 Å². The highest BCUT2D eigenvalue weighted by Gasteiger charge is 2.11. The van der Waals surface area contributed by atoms with Crippen LogP contribution in [0.15, 0.2) is 24.3 Å². The van der Waals surface area contributed by atoms with Crippen LogP contribution >= 0.6 is 0 Å². The molecule has 1 heterocycles. The lowest BCUT2D eigenvalue weighted by atomic mass is 10.3. The third kappa shape index (κ3) is 2.13. The lowest BCUT2D eigenvalue weighted by Crippen LogP contribution is -2.25. The van der Waals surface area contributed by atoms with Gasteiger partial charge in [0, 0.05) is 6.54 Å². The molecular formula is C13H14N4. The van der Waals surface area contributed by atoms with Crippen molar-refractivity contribution in [3.8, 4) is 12.3 Å². The van der Waals surface area contributed by atoms with Gasteiger partial charge in [-0.3, -0.25) is 0 Å². The summed E-state index contributed by atoms with van der Waals surface area (Å²) in [4.78, 5) is 10.8. The Labute approximate surface area is 100 Å². The number of rotatable bonds is 3. The van der Waals surface area contributed by atoms with Gasteiger partial charge in [-0.25, -0.2) is 9.97 Å². The van der Waals surface area contributed by atoms with Gasteiger partial charge in [-0.05, 0) is 19.1 Å². The molecule has 4 nitrogen and oxygen atoms in total. The molecule has 0 aliphatic heterocycles. The van der Waals surface area contributed by atoms with Crippen LogP contribution in [-0.4, -0.2) is 23.1 Å². The van der Waals surface area contributed by atoms with Gasteiger partial charge in [0.05, 0.1) is 17.6 Å². The van der Waals surface area contributed by atoms with Crippen LogP contribution in [0.2, 0.25) is 0 Å². The van der Waals surface area contributed by atoms with Crippen molar-refractivity contribution in [1.29, 1.82) is 0 Å². The van der Waals surface area contributed by atoms with Gasteiger partial charge in [0.25, 0.3) is 0 Å². The molecular weight excluding hydrogens is 212 g/mol. The molecule has 0 saturated heterocycles. The molecule has 0 bridgehead atoms. The summed E-state index contributed by atoms with van der Waals surface area (Å²) in [6.45, 7) is 3.24. The molecule has 17 heavy (non-hydrogen) atoms. The number of terminal acetylenes is 1. The van der Waals surface area contributed by atoms with E-state index < -0.39 is 0 Å². The van der Waals surface area contributed by atoms with E-state index in [4.69, 9.17) is 12.2 Å². The van der Waals surface area contributed by atoms with Crippen LogP contribution in [0.4, 0.5) is 11.6 Å². The number of para-hydroxylation sites is 2. The molecule has 0 atom stereocenters. The molecule has 0 saturated carbocycles. The van der Waals surface area contributed by atoms with Crippen molar-refractivity contribution in [3.63, 3.8) is 0 Å². The third-order valence-corrected chi connectivity index (χ3v) is 2.54. The number of aromatic nitrogens is 2. The molecule has 0 unspecified atom stereocenters. The molecule has 0 amide bonds. The zero-order valence-corrected chi connectivity index (χ0v) is 9.72. The SMILES string of the molecule is C#CCN(CC)c1nc2ccccc2nc1N. The van der Waals surface area contributed by atoms with Crippen molar-refractivity contribution in [2.45, 2.75) is 6.92 Å². The molecule has 1 aromatic carbocycles. The molecule has 2 rings (SSSR count). The highest BCUT2D eigenvalue weighted by molar-refractivity contribution is 5.79. The molecule has 0 aliphatic carbocycles. The van der Waals surface area contributed by atoms with E-state index in [0.717, 1.165) is 17.6 Å². The fraction of sp³-hybridized carbons (Fsp3) is 0.231. The Morgan fingerprint density at radius 1 is 1.29 bits per heavy atom. The molecule has 86 valence electrons. The minimum atomic E-state index is 0.417. The number of nitrogens with zero attached hydrogens (tertiary/aromatic N) is 3. The predicted molar refractivity (Wildman–Crippen MR) is 70.7 cm³/mol. The summed E-state index contributed by atoms with van der Waals surface area (Å²) < 4.78 is 0. The Kier molecular flexibility index (Phi) is 3.10. The van der Waals surface area contributed by atoms with Gasteiger partial charge in [-0.15, -0.1) is 6.42 Å². The second-order valence-corrected chi connectivity index (χ2v) is 3.64. The number of fused-ring (bicyclic) bond motifs is 1. The Balaban J connectivity index is 2.53. The highest BCUT2D eigenvalue weighted by atomic mass is 15.2. The topological polar surface area (TPSA) is 55.0 Å². The molecule has 0 spiro atoms. The Morgan fingerprint density at radius 3 is 2.53 bits per heavy atom. The van der Waals surface area contributed by atoms with Crippen LogP contribution in [-0.2, 0) is 0 Å². The van der Waals surface area contributed by atoms with Crippen molar-refractivity contribution in [2.24, 2.45) is 0 Å². The molecule has 0 fully saturated rings. The molecule has 0 aliphatic rings. The summed E-state index contributed by atoms with van der Waals surface area (Å²) in [7, 11) is 0. The zero-order valence-electron chi connectivity index (χ0n) is 9.72. The second-order valence-electron chi connectivity index (χ2n) is 3.64. The van der Waals surface area contributed by atoms with Gasteiger partial charge in [0.15, 0.2) is 11.6 Å². The normalized spacial score (nSPS) is 10.1. The quantitative estimate of drug-likeness (QED) is 0.809. The maximum absolute atomic E-state index is 5.91. The van der Waals surface area contributed by atoms with Crippen LogP contribution in [0.5, 0.6) is 0 Å². The molecule has 2 N–H and O–H groups in total. The van der Waals surface area contributed by atoms with Gasteiger partial charge in [0.2, 0.25) is 0 Å². The summed E-state index contributed by atoms with van der Waals surface area (Å²) in [5.41, 5.74) is 7.53. The molecule has 0 radical (unpaired) electrons. The van der Waals surface area contributed by atoms with Crippen molar-refractivity contribution < 1.29 is 0 Å². The van der Waals surface area contributed by atoms with E-state index in [0.29, 0.717) is 18.2 Å². The summed E-state index contributed by atoms with van der Waals surface area (Å²) >= 11 is 0. The van der Waals surface area contributed by atoms with E-state index in [-0.39, 0.29) is 0 Å². The Bertz CT molecular complexity index is 571. The van der Waals surface area contributed by atoms with E-state index in [1.165, 1.54) is 0 Å². The average molecular weight is 226 g/mol. The molecule has 2 aromatic rings. The lowest BCUT2D eigenvalue weighted by Gasteiger charge is -2.20. The molecule has 4 heteroatoms. The first-order valence-electron chi connectivity index (χ1n) is 5.47. The first kappa shape index (κ1) is 11.2. The second kappa shape index (κ2) is 4.71. The maximum atomic E-state index is 5.91. The molecule has 1 aromatic heterocycles. The zero-order chi connectivity index (χ0) is 12.3. The minimum absolute atomic E-state index is 0.417. The first-order valence-corrected chi connectivity index (χ1v) is 5.47. The highest BCUT2D eigenvalue weighted by Crippen LogP contribution is 2.21. The lowest BCUT2D eigenvalue weighted by molar-refractivity contribution is 0.895. The number of hydrogen-bond acceptors (Lipinski definition) is 4. The summed E-state index contributed by atoms with van der Waals surface area (Å²) in [6.07, 6.45) is 5.32.